The number of halogens is 1. The number of hydrogen-bond acceptors (Lipinski definition) is 4. The average Bonchev–Trinajstić information content (AvgIpc) is 3.14. The van der Waals surface area contributed by atoms with Gasteiger partial charge >= 0.3 is 0 Å². The molecule has 0 saturated heterocycles. The molecule has 0 spiro atoms. The van der Waals surface area contributed by atoms with E-state index in [2.05, 4.69) is 10.8 Å². The van der Waals surface area contributed by atoms with Crippen molar-refractivity contribution < 1.29 is 13.4 Å². The molecular weight excluding hydrogens is 363 g/mol. The van der Waals surface area contributed by atoms with E-state index in [1.807, 2.05) is 51.1 Å². The third-order valence-electron chi connectivity index (χ3n) is 4.34. The summed E-state index contributed by atoms with van der Waals surface area (Å²) in [6.07, 6.45) is 3.16. The van der Waals surface area contributed by atoms with Gasteiger partial charge in [0.15, 0.2) is 0 Å². The lowest BCUT2D eigenvalue weighted by Crippen LogP contribution is -2.41. The largest absolute Gasteiger partial charge is 0.598 e. The van der Waals surface area contributed by atoms with Crippen molar-refractivity contribution in [2.24, 2.45) is 0 Å². The third kappa shape index (κ3) is 4.01. The van der Waals surface area contributed by atoms with Crippen LogP contribution in [0.1, 0.15) is 37.9 Å². The summed E-state index contributed by atoms with van der Waals surface area (Å²) >= 11 is -1.38. The molecule has 0 amide bonds. The fourth-order valence-electron chi connectivity index (χ4n) is 2.83. The van der Waals surface area contributed by atoms with Crippen LogP contribution in [0, 0.1) is 11.3 Å². The first-order chi connectivity index (χ1) is 12.8. The number of hydrogen-bond donors (Lipinski definition) is 1. The third-order valence-corrected chi connectivity index (χ3v) is 5.95. The van der Waals surface area contributed by atoms with Crippen LogP contribution in [0.5, 0.6) is 0 Å². The van der Waals surface area contributed by atoms with Crippen molar-refractivity contribution in [1.82, 2.24) is 4.72 Å². The number of fused-ring (bicyclic) bond motifs is 1. The number of alkyl halides is 1. The van der Waals surface area contributed by atoms with Gasteiger partial charge in [0.25, 0.3) is 0 Å². The normalized spacial score (nSPS) is 14.1. The van der Waals surface area contributed by atoms with Crippen LogP contribution >= 0.6 is 0 Å². The van der Waals surface area contributed by atoms with E-state index in [9.17, 15) is 14.2 Å². The van der Waals surface area contributed by atoms with Crippen LogP contribution in [-0.2, 0) is 11.4 Å². The smallest absolute Gasteiger partial charge is 0.136 e. The van der Waals surface area contributed by atoms with Crippen molar-refractivity contribution in [3.8, 4) is 17.2 Å². The first-order valence-electron chi connectivity index (χ1n) is 8.58. The van der Waals surface area contributed by atoms with Crippen LogP contribution < -0.4 is 4.72 Å². The van der Waals surface area contributed by atoms with Crippen molar-refractivity contribution in [3.05, 3.63) is 60.1 Å². The highest BCUT2D eigenvalue weighted by molar-refractivity contribution is 7.90. The highest BCUT2D eigenvalue weighted by atomic mass is 32.2. The van der Waals surface area contributed by atoms with Crippen molar-refractivity contribution >= 4 is 22.1 Å². The topological polar surface area (TPSA) is 72.0 Å². The zero-order valence-electron chi connectivity index (χ0n) is 15.5. The Bertz CT molecular complexity index is 988. The van der Waals surface area contributed by atoms with Crippen molar-refractivity contribution in [2.75, 3.05) is 6.67 Å². The molecule has 0 saturated carbocycles. The molecule has 1 heterocycles. The molecule has 0 aliphatic heterocycles. The summed E-state index contributed by atoms with van der Waals surface area (Å²) in [5.41, 5.74) is 3.04. The van der Waals surface area contributed by atoms with Gasteiger partial charge in [0.1, 0.15) is 17.5 Å². The van der Waals surface area contributed by atoms with E-state index < -0.39 is 28.8 Å². The molecule has 0 unspecified atom stereocenters. The Kier molecular flexibility index (Phi) is 5.56. The summed E-state index contributed by atoms with van der Waals surface area (Å²) in [7, 11) is 0. The molecule has 0 radical (unpaired) electrons. The molecule has 6 heteroatoms. The first kappa shape index (κ1) is 19.4. The zero-order chi connectivity index (χ0) is 19.6. The lowest BCUT2D eigenvalue weighted by molar-refractivity contribution is 0.410. The lowest BCUT2D eigenvalue weighted by Gasteiger charge is -2.27. The summed E-state index contributed by atoms with van der Waals surface area (Å²) in [6.45, 7) is 4.86. The number of furan rings is 1. The van der Waals surface area contributed by atoms with Crippen LogP contribution in [0.2, 0.25) is 0 Å². The highest BCUT2D eigenvalue weighted by Crippen LogP contribution is 2.33. The molecule has 3 rings (SSSR count). The van der Waals surface area contributed by atoms with Gasteiger partial charge < -0.3 is 8.97 Å². The van der Waals surface area contributed by atoms with Crippen LogP contribution in [0.4, 0.5) is 4.39 Å². The predicted molar refractivity (Wildman–Crippen MR) is 106 cm³/mol. The molecular formula is C21H21FN2O2S. The summed E-state index contributed by atoms with van der Waals surface area (Å²) in [5, 5.41) is 10.8. The molecule has 0 aliphatic rings. The molecule has 0 fully saturated rings. The summed E-state index contributed by atoms with van der Waals surface area (Å²) in [6, 6.07) is 12.6. The van der Waals surface area contributed by atoms with Gasteiger partial charge in [-0.2, -0.15) is 5.26 Å². The second-order valence-corrected chi connectivity index (χ2v) is 9.30. The highest BCUT2D eigenvalue weighted by Gasteiger charge is 2.30. The zero-order valence-corrected chi connectivity index (χ0v) is 16.3. The van der Waals surface area contributed by atoms with Crippen molar-refractivity contribution in [2.45, 2.75) is 31.6 Å². The molecule has 1 aromatic heterocycles. The average molecular weight is 384 g/mol. The molecule has 1 N–H and O–H groups in total. The molecule has 2 atom stereocenters. The molecule has 27 heavy (non-hydrogen) atoms. The lowest BCUT2D eigenvalue weighted by atomic mass is 9.96. The van der Waals surface area contributed by atoms with E-state index in [1.54, 1.807) is 18.6 Å². The van der Waals surface area contributed by atoms with Gasteiger partial charge in [-0.1, -0.05) is 24.3 Å². The van der Waals surface area contributed by atoms with Gasteiger partial charge in [-0.25, -0.2) is 4.39 Å². The maximum Gasteiger partial charge on any atom is 0.136 e. The standard InChI is InChI=1S/C21H21FN2O2S/c1-21(2,3)27(25)24-20(10-22)15-6-4-5-14(9-15)17-8-7-16(11-23)18-12-26-13-19(17)18/h4-9,12-13,20,24H,10H2,1-3H3/t20-,27+/m0/s1. The van der Waals surface area contributed by atoms with Crippen LogP contribution in [0.15, 0.2) is 53.3 Å². The van der Waals surface area contributed by atoms with Gasteiger partial charge in [-0.05, 0) is 49.6 Å². The SMILES string of the molecule is CC(C)(C)[S@@+]([O-])N[C@@H](CF)c1cccc(-c2ccc(C#N)c3cocc23)c1. The van der Waals surface area contributed by atoms with Crippen LogP contribution in [-0.4, -0.2) is 16.0 Å². The van der Waals surface area contributed by atoms with E-state index >= 15 is 0 Å². The van der Waals surface area contributed by atoms with E-state index in [0.29, 0.717) is 11.1 Å². The van der Waals surface area contributed by atoms with Gasteiger partial charge in [0.05, 0.1) is 24.2 Å². The Balaban J connectivity index is 1.99. The number of nitrogens with zero attached hydrogens (tertiary/aromatic N) is 1. The maximum atomic E-state index is 13.7. The molecule has 3 aromatic rings. The Morgan fingerprint density at radius 2 is 1.96 bits per heavy atom. The summed E-state index contributed by atoms with van der Waals surface area (Å²) in [5.74, 6) is 0. The van der Waals surface area contributed by atoms with Crippen LogP contribution in [0.25, 0.3) is 21.9 Å². The summed E-state index contributed by atoms with van der Waals surface area (Å²) in [4.78, 5) is 0. The van der Waals surface area contributed by atoms with E-state index in [4.69, 9.17) is 4.42 Å². The van der Waals surface area contributed by atoms with E-state index in [0.717, 1.165) is 21.9 Å². The molecule has 2 aromatic carbocycles. The molecule has 4 nitrogen and oxygen atoms in total. The van der Waals surface area contributed by atoms with Crippen LogP contribution in [0.3, 0.4) is 0 Å². The van der Waals surface area contributed by atoms with Crippen molar-refractivity contribution in [1.29, 1.82) is 5.26 Å². The number of rotatable bonds is 5. The molecule has 0 aliphatic carbocycles. The van der Waals surface area contributed by atoms with E-state index in [1.165, 1.54) is 0 Å². The number of nitrogens with one attached hydrogen (secondary N) is 1. The monoisotopic (exact) mass is 384 g/mol. The first-order valence-corrected chi connectivity index (χ1v) is 9.73. The van der Waals surface area contributed by atoms with Gasteiger partial charge in [-0.15, -0.1) is 4.72 Å². The maximum absolute atomic E-state index is 13.7. The Labute approximate surface area is 161 Å². The quantitative estimate of drug-likeness (QED) is 0.626. The summed E-state index contributed by atoms with van der Waals surface area (Å²) < 4.78 is 33.7. The Morgan fingerprint density at radius 1 is 1.22 bits per heavy atom. The number of benzene rings is 2. The fourth-order valence-corrected chi connectivity index (χ4v) is 3.64. The van der Waals surface area contributed by atoms with E-state index in [-0.39, 0.29) is 0 Å². The minimum absolute atomic E-state index is 0.485. The Morgan fingerprint density at radius 3 is 2.63 bits per heavy atom. The molecule has 0 bridgehead atoms. The van der Waals surface area contributed by atoms with Crippen molar-refractivity contribution in [3.63, 3.8) is 0 Å². The predicted octanol–water partition coefficient (Wildman–Crippen LogP) is 5.03. The Hall–Kier alpha value is -2.33. The fraction of sp³-hybridized carbons (Fsp3) is 0.286. The van der Waals surface area contributed by atoms with Gasteiger partial charge in [0, 0.05) is 22.1 Å². The number of nitriles is 1. The molecule has 140 valence electrons. The minimum Gasteiger partial charge on any atom is -0.598 e. The second-order valence-electron chi connectivity index (χ2n) is 7.30. The second kappa shape index (κ2) is 7.73. The van der Waals surface area contributed by atoms with Gasteiger partial charge in [-0.3, -0.25) is 0 Å². The van der Waals surface area contributed by atoms with Gasteiger partial charge in [0.2, 0.25) is 0 Å². The minimum atomic E-state index is -1.38.